The Balaban J connectivity index is 0.00000225. The van der Waals surface area contributed by atoms with Gasteiger partial charge >= 0.3 is 0 Å². The van der Waals surface area contributed by atoms with Gasteiger partial charge in [0.15, 0.2) is 0 Å². The van der Waals surface area contributed by atoms with Crippen LogP contribution in [0.1, 0.15) is 44.6 Å². The zero-order valence-electron chi connectivity index (χ0n) is 14.7. The van der Waals surface area contributed by atoms with Gasteiger partial charge in [0.1, 0.15) is 0 Å². The van der Waals surface area contributed by atoms with Crippen molar-refractivity contribution in [3.63, 3.8) is 0 Å². The molecule has 5 nitrogen and oxygen atoms in total. The summed E-state index contributed by atoms with van der Waals surface area (Å²) in [5.74, 6) is -0.194. The number of hydrogen-bond acceptors (Lipinski definition) is 3. The zero-order chi connectivity index (χ0) is 17.1. The highest BCUT2D eigenvalue weighted by atomic mass is 35.5. The van der Waals surface area contributed by atoms with Crippen LogP contribution in [-0.4, -0.2) is 30.4 Å². The maximum absolute atomic E-state index is 12.6. The molecular weight excluding hydrogens is 338 g/mol. The Morgan fingerprint density at radius 3 is 2.60 bits per heavy atom. The number of benzene rings is 1. The molecule has 1 unspecified atom stereocenters. The number of nitrogens with zero attached hydrogens (tertiary/aromatic N) is 1. The normalized spacial score (nSPS) is 26.2. The van der Waals surface area contributed by atoms with Gasteiger partial charge in [0.05, 0.1) is 5.92 Å². The van der Waals surface area contributed by atoms with Gasteiger partial charge in [-0.05, 0) is 43.7 Å². The van der Waals surface area contributed by atoms with E-state index in [0.717, 1.165) is 43.4 Å². The van der Waals surface area contributed by atoms with E-state index in [1.807, 2.05) is 24.3 Å². The lowest BCUT2D eigenvalue weighted by Crippen LogP contribution is -2.43. The number of hydrogen-bond donors (Lipinski definition) is 2. The number of anilines is 1. The minimum atomic E-state index is -0.252. The Morgan fingerprint density at radius 2 is 1.92 bits per heavy atom. The predicted molar refractivity (Wildman–Crippen MR) is 102 cm³/mol. The molecule has 1 saturated heterocycles. The SMILES string of the molecule is CCc1ccccc1N1CC(C(=O)NC2CCC(N)CC2)CC1=O.Cl. The Morgan fingerprint density at radius 1 is 1.24 bits per heavy atom. The minimum absolute atomic E-state index is 0. The van der Waals surface area contributed by atoms with Gasteiger partial charge in [-0.1, -0.05) is 25.1 Å². The van der Waals surface area contributed by atoms with Crippen LogP contribution in [0.15, 0.2) is 24.3 Å². The quantitative estimate of drug-likeness (QED) is 0.860. The third-order valence-corrected chi connectivity index (χ3v) is 5.28. The lowest BCUT2D eigenvalue weighted by atomic mass is 9.91. The molecule has 0 spiro atoms. The molecule has 0 radical (unpaired) electrons. The average Bonchev–Trinajstić information content (AvgIpc) is 2.98. The van der Waals surface area contributed by atoms with E-state index in [9.17, 15) is 9.59 Å². The number of aryl methyl sites for hydroxylation is 1. The first-order chi connectivity index (χ1) is 11.6. The molecule has 3 N–H and O–H groups in total. The molecule has 1 heterocycles. The van der Waals surface area contributed by atoms with Gasteiger partial charge < -0.3 is 16.0 Å². The molecule has 1 saturated carbocycles. The van der Waals surface area contributed by atoms with Gasteiger partial charge in [0, 0.05) is 30.7 Å². The summed E-state index contributed by atoms with van der Waals surface area (Å²) in [6, 6.07) is 8.43. The van der Waals surface area contributed by atoms with Gasteiger partial charge in [-0.25, -0.2) is 0 Å². The van der Waals surface area contributed by atoms with Crippen LogP contribution < -0.4 is 16.0 Å². The second-order valence-electron chi connectivity index (χ2n) is 7.01. The van der Waals surface area contributed by atoms with Crippen molar-refractivity contribution >= 4 is 29.9 Å². The molecule has 3 rings (SSSR count). The largest absolute Gasteiger partial charge is 0.353 e. The van der Waals surface area contributed by atoms with Crippen LogP contribution in [0.5, 0.6) is 0 Å². The molecule has 138 valence electrons. The number of nitrogens with two attached hydrogens (primary N) is 1. The fourth-order valence-corrected chi connectivity index (χ4v) is 3.77. The first kappa shape index (κ1) is 19.7. The Bertz CT molecular complexity index is 614. The summed E-state index contributed by atoms with van der Waals surface area (Å²) in [4.78, 5) is 26.8. The summed E-state index contributed by atoms with van der Waals surface area (Å²) in [5.41, 5.74) is 8.01. The fourth-order valence-electron chi connectivity index (χ4n) is 3.77. The summed E-state index contributed by atoms with van der Waals surface area (Å²) in [6.07, 6.45) is 4.98. The predicted octanol–water partition coefficient (Wildman–Crippen LogP) is 2.41. The Labute approximate surface area is 155 Å². The number of para-hydroxylation sites is 1. The van der Waals surface area contributed by atoms with Crippen molar-refractivity contribution in [3.05, 3.63) is 29.8 Å². The van der Waals surface area contributed by atoms with E-state index in [2.05, 4.69) is 12.2 Å². The maximum atomic E-state index is 12.6. The van der Waals surface area contributed by atoms with Crippen LogP contribution >= 0.6 is 12.4 Å². The van der Waals surface area contributed by atoms with E-state index in [1.165, 1.54) is 0 Å². The molecule has 1 aliphatic carbocycles. The van der Waals surface area contributed by atoms with Gasteiger partial charge in [-0.15, -0.1) is 12.4 Å². The number of halogens is 1. The highest BCUT2D eigenvalue weighted by molar-refractivity contribution is 6.00. The highest BCUT2D eigenvalue weighted by Gasteiger charge is 2.36. The van der Waals surface area contributed by atoms with Crippen LogP contribution in [-0.2, 0) is 16.0 Å². The lowest BCUT2D eigenvalue weighted by molar-refractivity contribution is -0.127. The molecule has 25 heavy (non-hydrogen) atoms. The first-order valence-corrected chi connectivity index (χ1v) is 9.02. The number of carbonyl (C=O) groups is 2. The van der Waals surface area contributed by atoms with Gasteiger partial charge in [0.25, 0.3) is 0 Å². The van der Waals surface area contributed by atoms with E-state index in [0.29, 0.717) is 13.0 Å². The molecule has 1 atom stereocenters. The number of carbonyl (C=O) groups excluding carboxylic acids is 2. The summed E-state index contributed by atoms with van der Waals surface area (Å²) in [7, 11) is 0. The number of amides is 2. The van der Waals surface area contributed by atoms with Gasteiger partial charge in [0.2, 0.25) is 11.8 Å². The third-order valence-electron chi connectivity index (χ3n) is 5.28. The van der Waals surface area contributed by atoms with Gasteiger partial charge in [-0.2, -0.15) is 0 Å². The highest BCUT2D eigenvalue weighted by Crippen LogP contribution is 2.29. The van der Waals surface area contributed by atoms with Crippen LogP contribution in [0.3, 0.4) is 0 Å². The van der Waals surface area contributed by atoms with E-state index in [4.69, 9.17) is 5.73 Å². The standard InChI is InChI=1S/C19H27N3O2.ClH/c1-2-13-5-3-4-6-17(13)22-12-14(11-18(22)23)19(24)21-16-9-7-15(20)8-10-16;/h3-6,14-16H,2,7-12,20H2,1H3,(H,21,24);1H. The smallest absolute Gasteiger partial charge is 0.227 e. The van der Waals surface area contributed by atoms with Crippen molar-refractivity contribution in [1.29, 1.82) is 0 Å². The van der Waals surface area contributed by atoms with E-state index in [-0.39, 0.29) is 42.2 Å². The summed E-state index contributed by atoms with van der Waals surface area (Å²) in [6.45, 7) is 2.56. The van der Waals surface area contributed by atoms with Crippen molar-refractivity contribution in [2.24, 2.45) is 11.7 Å². The van der Waals surface area contributed by atoms with Crippen molar-refractivity contribution in [2.45, 2.75) is 57.5 Å². The molecule has 1 aromatic rings. The summed E-state index contributed by atoms with van der Waals surface area (Å²) in [5, 5.41) is 3.13. The number of nitrogens with one attached hydrogen (secondary N) is 1. The molecule has 2 amide bonds. The van der Waals surface area contributed by atoms with E-state index < -0.39 is 0 Å². The number of rotatable bonds is 4. The molecule has 0 bridgehead atoms. The van der Waals surface area contributed by atoms with E-state index in [1.54, 1.807) is 4.90 Å². The first-order valence-electron chi connectivity index (χ1n) is 9.02. The molecular formula is C19H28ClN3O2. The topological polar surface area (TPSA) is 75.4 Å². The Hall–Kier alpha value is -1.59. The maximum Gasteiger partial charge on any atom is 0.227 e. The monoisotopic (exact) mass is 365 g/mol. The average molecular weight is 366 g/mol. The van der Waals surface area contributed by atoms with Crippen LogP contribution in [0.4, 0.5) is 5.69 Å². The summed E-state index contributed by atoms with van der Waals surface area (Å²) >= 11 is 0. The molecule has 1 aromatic carbocycles. The fraction of sp³-hybridized carbons (Fsp3) is 0.579. The second kappa shape index (κ2) is 8.68. The zero-order valence-corrected chi connectivity index (χ0v) is 15.6. The molecule has 0 aromatic heterocycles. The van der Waals surface area contributed by atoms with Gasteiger partial charge in [-0.3, -0.25) is 9.59 Å². The molecule has 2 fully saturated rings. The van der Waals surface area contributed by atoms with Crippen LogP contribution in [0.2, 0.25) is 0 Å². The van der Waals surface area contributed by atoms with E-state index >= 15 is 0 Å². The van der Waals surface area contributed by atoms with Crippen molar-refractivity contribution in [1.82, 2.24) is 5.32 Å². The van der Waals surface area contributed by atoms with Crippen molar-refractivity contribution in [3.8, 4) is 0 Å². The summed E-state index contributed by atoms with van der Waals surface area (Å²) < 4.78 is 0. The molecule has 2 aliphatic rings. The molecule has 1 aliphatic heterocycles. The third kappa shape index (κ3) is 4.53. The molecule has 6 heteroatoms. The van der Waals surface area contributed by atoms with Crippen molar-refractivity contribution < 1.29 is 9.59 Å². The second-order valence-corrected chi connectivity index (χ2v) is 7.01. The van der Waals surface area contributed by atoms with Crippen LogP contribution in [0.25, 0.3) is 0 Å². The lowest BCUT2D eigenvalue weighted by Gasteiger charge is -2.27. The minimum Gasteiger partial charge on any atom is -0.353 e. The van der Waals surface area contributed by atoms with Crippen LogP contribution in [0, 0.1) is 5.92 Å². The Kier molecular flexibility index (Phi) is 6.85. The van der Waals surface area contributed by atoms with Crippen molar-refractivity contribution in [2.75, 3.05) is 11.4 Å².